The SMILES string of the molecule is COc1ccc(CN[C@H](C)c2ccccc2)cc1-c1ccc(C)cc1. The van der Waals surface area contributed by atoms with Crippen LogP contribution < -0.4 is 10.1 Å². The van der Waals surface area contributed by atoms with Crippen molar-refractivity contribution >= 4 is 0 Å². The van der Waals surface area contributed by atoms with Gasteiger partial charge in [-0.3, -0.25) is 0 Å². The molecule has 0 bridgehead atoms. The number of benzene rings is 3. The lowest BCUT2D eigenvalue weighted by Gasteiger charge is -2.16. The van der Waals surface area contributed by atoms with Gasteiger partial charge in [0.1, 0.15) is 5.75 Å². The number of aryl methyl sites for hydroxylation is 1. The van der Waals surface area contributed by atoms with E-state index < -0.39 is 0 Å². The minimum Gasteiger partial charge on any atom is -0.496 e. The smallest absolute Gasteiger partial charge is 0.126 e. The normalized spacial score (nSPS) is 12.0. The summed E-state index contributed by atoms with van der Waals surface area (Å²) in [4.78, 5) is 0. The van der Waals surface area contributed by atoms with Crippen LogP contribution in [0.1, 0.15) is 29.7 Å². The van der Waals surface area contributed by atoms with Gasteiger partial charge in [0.25, 0.3) is 0 Å². The van der Waals surface area contributed by atoms with E-state index in [2.05, 4.69) is 85.9 Å². The van der Waals surface area contributed by atoms with Crippen molar-refractivity contribution in [3.8, 4) is 16.9 Å². The zero-order chi connectivity index (χ0) is 17.6. The molecule has 0 aliphatic rings. The first-order valence-corrected chi connectivity index (χ1v) is 8.69. The molecule has 3 aromatic carbocycles. The van der Waals surface area contributed by atoms with Gasteiger partial charge in [-0.1, -0.05) is 66.2 Å². The molecule has 25 heavy (non-hydrogen) atoms. The van der Waals surface area contributed by atoms with Crippen LogP contribution in [0.2, 0.25) is 0 Å². The van der Waals surface area contributed by atoms with E-state index in [1.54, 1.807) is 7.11 Å². The molecule has 1 atom stereocenters. The Morgan fingerprint density at radius 1 is 0.920 bits per heavy atom. The third kappa shape index (κ3) is 4.28. The fourth-order valence-electron chi connectivity index (χ4n) is 2.95. The molecule has 0 amide bonds. The third-order valence-electron chi connectivity index (χ3n) is 4.54. The molecular formula is C23H25NO. The zero-order valence-electron chi connectivity index (χ0n) is 15.1. The van der Waals surface area contributed by atoms with Crippen LogP contribution in [0.5, 0.6) is 5.75 Å². The molecular weight excluding hydrogens is 306 g/mol. The number of hydrogen-bond donors (Lipinski definition) is 1. The van der Waals surface area contributed by atoms with Gasteiger partial charge in [-0.05, 0) is 42.7 Å². The number of rotatable bonds is 6. The summed E-state index contributed by atoms with van der Waals surface area (Å²) < 4.78 is 5.56. The van der Waals surface area contributed by atoms with Gasteiger partial charge in [0, 0.05) is 18.2 Å². The van der Waals surface area contributed by atoms with Crippen molar-refractivity contribution in [2.24, 2.45) is 0 Å². The highest BCUT2D eigenvalue weighted by Gasteiger charge is 2.09. The van der Waals surface area contributed by atoms with Crippen molar-refractivity contribution in [3.63, 3.8) is 0 Å². The lowest BCUT2D eigenvalue weighted by molar-refractivity contribution is 0.416. The van der Waals surface area contributed by atoms with Crippen LogP contribution in [0, 0.1) is 6.92 Å². The molecule has 0 aromatic heterocycles. The number of ether oxygens (including phenoxy) is 1. The molecule has 0 fully saturated rings. The van der Waals surface area contributed by atoms with E-state index in [0.717, 1.165) is 17.9 Å². The Labute approximate surface area is 150 Å². The highest BCUT2D eigenvalue weighted by molar-refractivity contribution is 5.71. The third-order valence-corrected chi connectivity index (χ3v) is 4.54. The van der Waals surface area contributed by atoms with E-state index in [-0.39, 0.29) is 0 Å². The fourth-order valence-corrected chi connectivity index (χ4v) is 2.95. The molecule has 0 saturated heterocycles. The van der Waals surface area contributed by atoms with Crippen molar-refractivity contribution in [1.29, 1.82) is 0 Å². The van der Waals surface area contributed by atoms with Crippen molar-refractivity contribution in [3.05, 3.63) is 89.5 Å². The maximum Gasteiger partial charge on any atom is 0.126 e. The molecule has 0 saturated carbocycles. The maximum absolute atomic E-state index is 5.56. The van der Waals surface area contributed by atoms with Gasteiger partial charge in [-0.2, -0.15) is 0 Å². The minimum atomic E-state index is 0.311. The maximum atomic E-state index is 5.56. The summed E-state index contributed by atoms with van der Waals surface area (Å²) >= 11 is 0. The molecule has 2 heteroatoms. The van der Waals surface area contributed by atoms with Crippen LogP contribution in [0.25, 0.3) is 11.1 Å². The molecule has 0 aliphatic carbocycles. The summed E-state index contributed by atoms with van der Waals surface area (Å²) in [6.07, 6.45) is 0. The molecule has 0 unspecified atom stereocenters. The second kappa shape index (κ2) is 8.00. The molecule has 2 nitrogen and oxygen atoms in total. The van der Waals surface area contributed by atoms with Crippen molar-refractivity contribution in [2.45, 2.75) is 26.4 Å². The van der Waals surface area contributed by atoms with Gasteiger partial charge >= 0.3 is 0 Å². The lowest BCUT2D eigenvalue weighted by atomic mass is 10.0. The van der Waals surface area contributed by atoms with Gasteiger partial charge in [0.2, 0.25) is 0 Å². The number of nitrogens with one attached hydrogen (secondary N) is 1. The molecule has 1 N–H and O–H groups in total. The van der Waals surface area contributed by atoms with Gasteiger partial charge in [-0.15, -0.1) is 0 Å². The van der Waals surface area contributed by atoms with E-state index in [0.29, 0.717) is 6.04 Å². The zero-order valence-corrected chi connectivity index (χ0v) is 15.1. The van der Waals surface area contributed by atoms with Crippen LogP contribution >= 0.6 is 0 Å². The van der Waals surface area contributed by atoms with E-state index in [9.17, 15) is 0 Å². The Morgan fingerprint density at radius 3 is 2.32 bits per heavy atom. The molecule has 128 valence electrons. The summed E-state index contributed by atoms with van der Waals surface area (Å²) in [5, 5.41) is 3.60. The van der Waals surface area contributed by atoms with Crippen molar-refractivity contribution < 1.29 is 4.74 Å². The van der Waals surface area contributed by atoms with E-state index in [1.165, 1.54) is 22.3 Å². The van der Waals surface area contributed by atoms with Crippen LogP contribution in [0.3, 0.4) is 0 Å². The summed E-state index contributed by atoms with van der Waals surface area (Å²) in [7, 11) is 1.72. The molecule has 3 rings (SSSR count). The van der Waals surface area contributed by atoms with Gasteiger partial charge in [0.15, 0.2) is 0 Å². The quantitative estimate of drug-likeness (QED) is 0.642. The molecule has 0 spiro atoms. The predicted octanol–water partition coefficient (Wildman–Crippen LogP) is 5.52. The molecule has 0 heterocycles. The molecule has 0 radical (unpaired) electrons. The van der Waals surface area contributed by atoms with Gasteiger partial charge in [0.05, 0.1) is 7.11 Å². The highest BCUT2D eigenvalue weighted by Crippen LogP contribution is 2.31. The monoisotopic (exact) mass is 331 g/mol. The predicted molar refractivity (Wildman–Crippen MR) is 105 cm³/mol. The number of hydrogen-bond acceptors (Lipinski definition) is 2. The Balaban J connectivity index is 1.78. The summed E-state index contributed by atoms with van der Waals surface area (Å²) in [5.74, 6) is 0.906. The van der Waals surface area contributed by atoms with Gasteiger partial charge < -0.3 is 10.1 Å². The van der Waals surface area contributed by atoms with E-state index in [4.69, 9.17) is 4.74 Å². The minimum absolute atomic E-state index is 0.311. The van der Waals surface area contributed by atoms with Crippen LogP contribution in [0.15, 0.2) is 72.8 Å². The summed E-state index contributed by atoms with van der Waals surface area (Å²) in [6, 6.07) is 25.8. The topological polar surface area (TPSA) is 21.3 Å². The Hall–Kier alpha value is -2.58. The Kier molecular flexibility index (Phi) is 5.52. The van der Waals surface area contributed by atoms with Crippen molar-refractivity contribution in [1.82, 2.24) is 5.32 Å². The summed E-state index contributed by atoms with van der Waals surface area (Å²) in [5.41, 5.74) is 6.13. The molecule has 3 aromatic rings. The fraction of sp³-hybridized carbons (Fsp3) is 0.217. The van der Waals surface area contributed by atoms with Crippen molar-refractivity contribution in [2.75, 3.05) is 7.11 Å². The largest absolute Gasteiger partial charge is 0.496 e. The Morgan fingerprint density at radius 2 is 1.64 bits per heavy atom. The first-order chi connectivity index (χ1) is 12.2. The highest BCUT2D eigenvalue weighted by atomic mass is 16.5. The lowest BCUT2D eigenvalue weighted by Crippen LogP contribution is -2.18. The van der Waals surface area contributed by atoms with E-state index in [1.807, 2.05) is 6.07 Å². The first-order valence-electron chi connectivity index (χ1n) is 8.69. The van der Waals surface area contributed by atoms with Crippen LogP contribution in [-0.4, -0.2) is 7.11 Å². The van der Waals surface area contributed by atoms with E-state index >= 15 is 0 Å². The first kappa shape index (κ1) is 17.2. The van der Waals surface area contributed by atoms with Crippen LogP contribution in [0.4, 0.5) is 0 Å². The Bertz CT molecular complexity index is 809. The standard InChI is InChI=1S/C23H25NO/c1-17-9-12-21(13-10-17)22-15-19(11-14-23(22)25-3)16-24-18(2)20-7-5-4-6-8-20/h4-15,18,24H,16H2,1-3H3/t18-/m1/s1. The average Bonchev–Trinajstić information content (AvgIpc) is 2.67. The number of methoxy groups -OCH3 is 1. The summed E-state index contributed by atoms with van der Waals surface area (Å²) in [6.45, 7) is 5.12. The second-order valence-corrected chi connectivity index (χ2v) is 6.41. The van der Waals surface area contributed by atoms with Crippen LogP contribution in [-0.2, 0) is 6.54 Å². The average molecular weight is 331 g/mol. The molecule has 0 aliphatic heterocycles. The second-order valence-electron chi connectivity index (χ2n) is 6.41. The van der Waals surface area contributed by atoms with Gasteiger partial charge in [-0.25, -0.2) is 0 Å².